The average molecular weight is 600 g/mol. The zero-order valence-electron chi connectivity index (χ0n) is 24.2. The fourth-order valence-corrected chi connectivity index (χ4v) is 8.41. The van der Waals surface area contributed by atoms with Gasteiger partial charge in [0.15, 0.2) is 0 Å². The summed E-state index contributed by atoms with van der Waals surface area (Å²) < 4.78 is 32.4. The number of hydrogen-bond acceptors (Lipinski definition) is 9. The lowest BCUT2D eigenvalue weighted by atomic mass is 9.72. The molecule has 1 aromatic carbocycles. The van der Waals surface area contributed by atoms with Crippen LogP contribution in [0, 0.1) is 19.3 Å². The van der Waals surface area contributed by atoms with Gasteiger partial charge in [0.05, 0.1) is 17.5 Å². The molecule has 0 radical (unpaired) electrons. The number of nitrogens with zero attached hydrogens (tertiary/aromatic N) is 5. The van der Waals surface area contributed by atoms with Crippen molar-refractivity contribution < 1.29 is 23.7 Å². The summed E-state index contributed by atoms with van der Waals surface area (Å²) in [6.07, 6.45) is 1.99. The van der Waals surface area contributed by atoms with Gasteiger partial charge in [-0.15, -0.1) is 27.2 Å². The lowest BCUT2D eigenvalue weighted by Gasteiger charge is -2.41. The van der Waals surface area contributed by atoms with Gasteiger partial charge in [-0.1, -0.05) is 18.2 Å². The average Bonchev–Trinajstić information content (AvgIpc) is 3.49. The van der Waals surface area contributed by atoms with Crippen molar-refractivity contribution in [3.05, 3.63) is 63.0 Å². The van der Waals surface area contributed by atoms with Gasteiger partial charge in [-0.3, -0.25) is 13.9 Å². The van der Waals surface area contributed by atoms with Crippen molar-refractivity contribution in [2.45, 2.75) is 78.0 Å². The predicted molar refractivity (Wildman–Crippen MR) is 161 cm³/mol. The van der Waals surface area contributed by atoms with E-state index < -0.39 is 28.1 Å². The van der Waals surface area contributed by atoms with E-state index in [0.717, 1.165) is 37.5 Å². The Hall–Kier alpha value is -3.03. The van der Waals surface area contributed by atoms with E-state index in [0.29, 0.717) is 19.5 Å². The molecule has 0 amide bonds. The van der Waals surface area contributed by atoms with E-state index >= 15 is 0 Å². The number of aromatic nitrogens is 4. The second-order valence-electron chi connectivity index (χ2n) is 11.0. The van der Waals surface area contributed by atoms with Gasteiger partial charge in [0.25, 0.3) is 0 Å². The minimum atomic E-state index is -3.37. The number of benzene rings is 1. The van der Waals surface area contributed by atoms with Crippen LogP contribution < -0.4 is 4.74 Å². The van der Waals surface area contributed by atoms with Crippen molar-refractivity contribution >= 4 is 39.1 Å². The van der Waals surface area contributed by atoms with E-state index in [1.54, 1.807) is 47.8 Å². The van der Waals surface area contributed by atoms with Gasteiger partial charge in [0.1, 0.15) is 16.5 Å². The maximum atomic E-state index is 12.6. The Labute approximate surface area is 245 Å². The minimum Gasteiger partial charge on any atom is -0.481 e. The lowest BCUT2D eigenvalue weighted by Crippen LogP contribution is -2.34. The second-order valence-corrected chi connectivity index (χ2v) is 14.3. The van der Waals surface area contributed by atoms with Crippen molar-refractivity contribution in [3.8, 4) is 5.88 Å². The Balaban J connectivity index is 1.58. The fraction of sp³-hybridized carbons (Fsp3) is 0.448. The number of aliphatic carboxylic acids is 1. The molecule has 41 heavy (non-hydrogen) atoms. The van der Waals surface area contributed by atoms with Crippen molar-refractivity contribution in [1.82, 2.24) is 24.3 Å². The highest BCUT2D eigenvalue weighted by atomic mass is 32.3. The summed E-state index contributed by atoms with van der Waals surface area (Å²) in [5.74, 6) is -1.12. The normalized spacial score (nSPS) is 18.9. The number of carboxylic acid groups (broad SMARTS) is 1. The quantitative estimate of drug-likeness (QED) is 0.208. The predicted octanol–water partition coefficient (Wildman–Crippen LogP) is 6.46. The third kappa shape index (κ3) is 5.12. The Bertz CT molecular complexity index is 1600. The van der Waals surface area contributed by atoms with Crippen molar-refractivity contribution in [3.63, 3.8) is 0 Å². The summed E-state index contributed by atoms with van der Waals surface area (Å²) in [5.41, 5.74) is 3.25. The molecule has 1 aliphatic rings. The zero-order valence-corrected chi connectivity index (χ0v) is 25.8. The molecule has 3 aromatic heterocycles. The van der Waals surface area contributed by atoms with E-state index in [1.165, 1.54) is 0 Å². The molecule has 0 aliphatic carbocycles. The fourth-order valence-electron chi connectivity index (χ4n) is 5.49. The van der Waals surface area contributed by atoms with Crippen LogP contribution in [0.4, 0.5) is 0 Å². The lowest BCUT2D eigenvalue weighted by molar-refractivity contribution is -0.147. The number of rotatable bonds is 8. The van der Waals surface area contributed by atoms with E-state index in [1.807, 2.05) is 50.6 Å². The third-order valence-corrected chi connectivity index (χ3v) is 11.1. The number of pyridine rings is 1. The molecule has 0 bridgehead atoms. The number of aryl methyl sites for hydroxylation is 3. The van der Waals surface area contributed by atoms with Crippen LogP contribution in [0.2, 0.25) is 0 Å². The molecule has 1 aliphatic heterocycles. The summed E-state index contributed by atoms with van der Waals surface area (Å²) in [4.78, 5) is 19.1. The summed E-state index contributed by atoms with van der Waals surface area (Å²) in [5, 5.41) is 19.0. The van der Waals surface area contributed by atoms with Crippen LogP contribution in [0.15, 0.2) is 41.4 Å². The number of carboxylic acids is 1. The Morgan fingerprint density at radius 2 is 2.00 bits per heavy atom. The number of ether oxygens (including phenoxy) is 1. The van der Waals surface area contributed by atoms with E-state index in [2.05, 4.69) is 15.3 Å². The second kappa shape index (κ2) is 11.0. The molecule has 4 aromatic rings. The maximum Gasteiger partial charge on any atom is 0.310 e. The molecule has 2 atom stereocenters. The summed E-state index contributed by atoms with van der Waals surface area (Å²) in [6, 6.07) is 9.31. The van der Waals surface area contributed by atoms with Gasteiger partial charge in [0.2, 0.25) is 5.88 Å². The van der Waals surface area contributed by atoms with Crippen LogP contribution in [-0.4, -0.2) is 57.1 Å². The van der Waals surface area contributed by atoms with Gasteiger partial charge in [-0.25, -0.2) is 9.67 Å². The highest BCUT2D eigenvalue weighted by Gasteiger charge is 2.42. The summed E-state index contributed by atoms with van der Waals surface area (Å²) in [7, 11) is -3.37. The molecule has 4 heterocycles. The minimum absolute atomic E-state index is 0.249. The van der Waals surface area contributed by atoms with Gasteiger partial charge in [-0.2, -0.15) is 4.31 Å². The maximum absolute atomic E-state index is 12.6. The van der Waals surface area contributed by atoms with Gasteiger partial charge < -0.3 is 9.84 Å². The molecular weight excluding hydrogens is 562 g/mol. The topological polar surface area (TPSA) is 134 Å². The van der Waals surface area contributed by atoms with E-state index in [4.69, 9.17) is 4.74 Å². The molecule has 10 nitrogen and oxygen atoms in total. The van der Waals surface area contributed by atoms with Crippen LogP contribution in [0.3, 0.4) is 0 Å². The van der Waals surface area contributed by atoms with Crippen LogP contribution in [0.1, 0.15) is 66.5 Å². The number of fused-ring (bicyclic) bond motifs is 2. The molecule has 0 saturated heterocycles. The molecule has 5 rings (SSSR count). The van der Waals surface area contributed by atoms with Gasteiger partial charge >= 0.3 is 5.97 Å². The number of hydrogen-bond donors (Lipinski definition) is 3. The molecule has 1 unspecified atom stereocenters. The third-order valence-electron chi connectivity index (χ3n) is 8.07. The van der Waals surface area contributed by atoms with Gasteiger partial charge in [-0.05, 0) is 82.0 Å². The van der Waals surface area contributed by atoms with Gasteiger partial charge in [0, 0.05) is 35.0 Å². The molecule has 12 heteroatoms. The Morgan fingerprint density at radius 1 is 1.24 bits per heavy atom. The molecule has 0 fully saturated rings. The first-order chi connectivity index (χ1) is 19.4. The molecule has 3 N–H and O–H groups in total. The molecule has 0 saturated carbocycles. The standard InChI is InChI=1S/C29H37N5O5S2/c1-7-20-16-33(41(37,38)24-10-9-13-30-27(24)39-20)15-19-14-23(40-18(19)4)25(29(5,6)28(35)36)21-11-12-22-26(17(21)3)31-32-34(22)8-2/h9-14,20,25,37-38H,7-8,15-16H2,1-6H3,(H,35,36)/t20-,25?/m1/s1. The van der Waals surface area contributed by atoms with Crippen molar-refractivity contribution in [1.29, 1.82) is 0 Å². The van der Waals surface area contributed by atoms with Crippen LogP contribution >= 0.6 is 22.1 Å². The first-order valence-corrected chi connectivity index (χ1v) is 16.0. The van der Waals surface area contributed by atoms with Crippen molar-refractivity contribution in [2.75, 3.05) is 6.54 Å². The molecular formula is C29H37N5O5S2. The summed E-state index contributed by atoms with van der Waals surface area (Å²) >= 11 is 1.54. The highest BCUT2D eigenvalue weighted by Crippen LogP contribution is 2.57. The zero-order chi connectivity index (χ0) is 29.7. The van der Waals surface area contributed by atoms with Crippen LogP contribution in [-0.2, 0) is 17.9 Å². The smallest absolute Gasteiger partial charge is 0.310 e. The highest BCUT2D eigenvalue weighted by molar-refractivity contribution is 8.22. The largest absolute Gasteiger partial charge is 0.481 e. The first-order valence-electron chi connectivity index (χ1n) is 13.7. The van der Waals surface area contributed by atoms with Crippen LogP contribution in [0.5, 0.6) is 5.88 Å². The SMILES string of the molecule is CC[C@@H]1CN(Cc2cc(C(c3ccc4c(nnn4CC)c3C)C(C)(C)C(=O)O)sc2C)S(O)(O)c2cccnc2O1. The number of carbonyl (C=O) groups is 1. The first kappa shape index (κ1) is 29.5. The monoisotopic (exact) mass is 599 g/mol. The Morgan fingerprint density at radius 3 is 2.68 bits per heavy atom. The van der Waals surface area contributed by atoms with Crippen molar-refractivity contribution in [2.24, 2.45) is 5.41 Å². The Kier molecular flexibility index (Phi) is 7.90. The van der Waals surface area contributed by atoms with Crippen LogP contribution in [0.25, 0.3) is 11.0 Å². The summed E-state index contributed by atoms with van der Waals surface area (Å²) in [6.45, 7) is 12.7. The molecule has 0 spiro atoms. The van der Waals surface area contributed by atoms with E-state index in [-0.39, 0.29) is 23.4 Å². The molecule has 220 valence electrons. The van der Waals surface area contributed by atoms with E-state index in [9.17, 15) is 19.0 Å². The number of thiophene rings is 1.